The first-order valence-electron chi connectivity index (χ1n) is 12.5. The molecule has 1 aliphatic heterocycles. The molecule has 1 unspecified atom stereocenters. The fourth-order valence-corrected chi connectivity index (χ4v) is 4.44. The molecule has 1 aliphatic rings. The Labute approximate surface area is 213 Å². The van der Waals surface area contributed by atoms with Crippen molar-refractivity contribution in [3.63, 3.8) is 0 Å². The van der Waals surface area contributed by atoms with Gasteiger partial charge in [0.15, 0.2) is 11.5 Å². The third-order valence-corrected chi connectivity index (χ3v) is 6.30. The predicted octanol–water partition coefficient (Wildman–Crippen LogP) is 4.80. The maximum atomic E-state index is 13.3. The van der Waals surface area contributed by atoms with Crippen LogP contribution in [0.1, 0.15) is 44.4 Å². The van der Waals surface area contributed by atoms with Crippen molar-refractivity contribution in [2.45, 2.75) is 33.2 Å². The van der Waals surface area contributed by atoms with E-state index in [2.05, 4.69) is 25.3 Å². The van der Waals surface area contributed by atoms with E-state index in [1.165, 1.54) is 0 Å². The normalized spacial score (nSPS) is 17.0. The van der Waals surface area contributed by atoms with E-state index in [9.17, 15) is 14.7 Å². The highest BCUT2D eigenvalue weighted by molar-refractivity contribution is 6.46. The van der Waals surface area contributed by atoms with Crippen molar-refractivity contribution in [2.24, 2.45) is 0 Å². The average Bonchev–Trinajstić information content (AvgIpc) is 3.15. The van der Waals surface area contributed by atoms with Crippen molar-refractivity contribution < 1.29 is 24.2 Å². The van der Waals surface area contributed by atoms with Crippen molar-refractivity contribution >= 4 is 17.4 Å². The number of rotatable bonds is 13. The van der Waals surface area contributed by atoms with Crippen molar-refractivity contribution in [2.75, 3.05) is 39.4 Å². The van der Waals surface area contributed by atoms with E-state index in [1.54, 1.807) is 47.4 Å². The van der Waals surface area contributed by atoms with E-state index in [0.29, 0.717) is 48.8 Å². The highest BCUT2D eigenvalue weighted by atomic mass is 16.5. The summed E-state index contributed by atoms with van der Waals surface area (Å²) in [6.07, 6.45) is 2.35. The lowest BCUT2D eigenvalue weighted by Crippen LogP contribution is -2.33. The van der Waals surface area contributed by atoms with E-state index in [-0.39, 0.29) is 11.3 Å². The van der Waals surface area contributed by atoms with Gasteiger partial charge >= 0.3 is 0 Å². The zero-order chi connectivity index (χ0) is 26.1. The van der Waals surface area contributed by atoms with Crippen LogP contribution >= 0.6 is 0 Å². The minimum Gasteiger partial charge on any atom is -0.507 e. The molecule has 0 aliphatic carbocycles. The number of hydrogen-bond donors (Lipinski definition) is 1. The molecule has 1 fully saturated rings. The molecule has 7 heteroatoms. The summed E-state index contributed by atoms with van der Waals surface area (Å²) in [5.74, 6) is -0.432. The van der Waals surface area contributed by atoms with Crippen LogP contribution in [0, 0.1) is 0 Å². The number of ketones is 1. The third-order valence-electron chi connectivity index (χ3n) is 6.30. The molecule has 192 valence electrons. The minimum absolute atomic E-state index is 0.0799. The van der Waals surface area contributed by atoms with Gasteiger partial charge in [-0.3, -0.25) is 9.59 Å². The number of nitrogens with zero attached hydrogens (tertiary/aromatic N) is 2. The molecule has 7 nitrogen and oxygen atoms in total. The van der Waals surface area contributed by atoms with Gasteiger partial charge in [-0.05, 0) is 50.7 Å². The molecule has 0 saturated carbocycles. The number of aliphatic hydroxyl groups excluding tert-OH is 1. The van der Waals surface area contributed by atoms with E-state index < -0.39 is 17.7 Å². The van der Waals surface area contributed by atoms with Gasteiger partial charge in [-0.1, -0.05) is 62.9 Å². The van der Waals surface area contributed by atoms with Crippen LogP contribution in [0.4, 0.5) is 0 Å². The first-order chi connectivity index (χ1) is 17.5. The minimum atomic E-state index is -0.741. The van der Waals surface area contributed by atoms with Crippen LogP contribution in [-0.4, -0.2) is 66.0 Å². The number of benzene rings is 2. The van der Waals surface area contributed by atoms with Crippen LogP contribution in [0.5, 0.6) is 11.5 Å². The summed E-state index contributed by atoms with van der Waals surface area (Å²) in [7, 11) is 0. The van der Waals surface area contributed by atoms with Crippen LogP contribution in [0.3, 0.4) is 0 Å². The molecule has 2 aromatic rings. The Morgan fingerprint density at radius 1 is 1.06 bits per heavy atom. The smallest absolute Gasteiger partial charge is 0.295 e. The second kappa shape index (κ2) is 12.9. The van der Waals surface area contributed by atoms with Crippen LogP contribution in [-0.2, 0) is 9.59 Å². The van der Waals surface area contributed by atoms with Gasteiger partial charge in [0, 0.05) is 12.1 Å². The molecule has 1 amide bonds. The fourth-order valence-electron chi connectivity index (χ4n) is 4.44. The Hall–Kier alpha value is -3.58. The summed E-state index contributed by atoms with van der Waals surface area (Å²) in [6.45, 7) is 13.5. The van der Waals surface area contributed by atoms with Gasteiger partial charge in [0.25, 0.3) is 11.7 Å². The Bertz CT molecular complexity index is 1090. The lowest BCUT2D eigenvalue weighted by molar-refractivity contribution is -0.140. The summed E-state index contributed by atoms with van der Waals surface area (Å²) in [5, 5.41) is 11.2. The molecule has 0 aromatic heterocycles. The first kappa shape index (κ1) is 27.0. The third kappa shape index (κ3) is 5.97. The number of aliphatic hydroxyl groups is 1. The maximum absolute atomic E-state index is 13.3. The molecule has 1 saturated heterocycles. The van der Waals surface area contributed by atoms with Crippen molar-refractivity contribution in [3.8, 4) is 11.5 Å². The molecular weight excluding hydrogens is 456 g/mol. The standard InChI is InChI=1S/C29H36N2O5/c1-5-19-36-23-16-15-22(20-24(23)35-8-4)26-25(27(32)21-13-10-9-11-14-21)28(33)29(34)31(26)18-12-17-30(6-2)7-3/h5,9-11,13-16,20,26,32H,1,6-8,12,17-19H2,2-4H3. The van der Waals surface area contributed by atoms with Gasteiger partial charge in [0.05, 0.1) is 18.2 Å². The molecule has 0 bridgehead atoms. The van der Waals surface area contributed by atoms with Gasteiger partial charge in [0.2, 0.25) is 0 Å². The summed E-state index contributed by atoms with van der Waals surface area (Å²) < 4.78 is 11.5. The van der Waals surface area contributed by atoms with Gasteiger partial charge in [-0.15, -0.1) is 0 Å². The number of likely N-dealkylation sites (tertiary alicyclic amines) is 1. The molecule has 2 aromatic carbocycles. The van der Waals surface area contributed by atoms with Crippen molar-refractivity contribution in [1.82, 2.24) is 9.80 Å². The number of carbonyl (C=O) groups is 2. The van der Waals surface area contributed by atoms with E-state index in [1.807, 2.05) is 19.1 Å². The zero-order valence-electron chi connectivity index (χ0n) is 21.4. The maximum Gasteiger partial charge on any atom is 0.295 e. The molecular formula is C29H36N2O5. The first-order valence-corrected chi connectivity index (χ1v) is 12.5. The molecule has 1 N–H and O–H groups in total. The zero-order valence-corrected chi connectivity index (χ0v) is 21.4. The molecule has 3 rings (SSSR count). The fraction of sp³-hybridized carbons (Fsp3) is 0.379. The monoisotopic (exact) mass is 492 g/mol. The van der Waals surface area contributed by atoms with Gasteiger partial charge < -0.3 is 24.4 Å². The van der Waals surface area contributed by atoms with Crippen LogP contribution in [0.25, 0.3) is 5.76 Å². The Morgan fingerprint density at radius 3 is 2.42 bits per heavy atom. The van der Waals surface area contributed by atoms with E-state index >= 15 is 0 Å². The molecule has 0 spiro atoms. The Kier molecular flexibility index (Phi) is 9.70. The van der Waals surface area contributed by atoms with Gasteiger partial charge in [0.1, 0.15) is 12.4 Å². The highest BCUT2D eigenvalue weighted by Crippen LogP contribution is 2.42. The highest BCUT2D eigenvalue weighted by Gasteiger charge is 2.46. The number of hydrogen-bond acceptors (Lipinski definition) is 6. The summed E-state index contributed by atoms with van der Waals surface area (Å²) in [5.41, 5.74) is 1.24. The number of ether oxygens (including phenoxy) is 2. The quantitative estimate of drug-likeness (QED) is 0.187. The van der Waals surface area contributed by atoms with Crippen molar-refractivity contribution in [1.29, 1.82) is 0 Å². The topological polar surface area (TPSA) is 79.3 Å². The number of carbonyl (C=O) groups excluding carboxylic acids is 2. The van der Waals surface area contributed by atoms with Gasteiger partial charge in [-0.25, -0.2) is 0 Å². The molecule has 36 heavy (non-hydrogen) atoms. The molecule has 1 atom stereocenters. The van der Waals surface area contributed by atoms with Gasteiger partial charge in [-0.2, -0.15) is 0 Å². The average molecular weight is 493 g/mol. The van der Waals surface area contributed by atoms with E-state index in [0.717, 1.165) is 19.6 Å². The summed E-state index contributed by atoms with van der Waals surface area (Å²) in [6, 6.07) is 13.5. The van der Waals surface area contributed by atoms with Crippen LogP contribution < -0.4 is 9.47 Å². The Balaban J connectivity index is 2.08. The number of amides is 1. The summed E-state index contributed by atoms with van der Waals surface area (Å²) in [4.78, 5) is 30.3. The summed E-state index contributed by atoms with van der Waals surface area (Å²) >= 11 is 0. The molecule has 0 radical (unpaired) electrons. The second-order valence-electron chi connectivity index (χ2n) is 8.48. The van der Waals surface area contributed by atoms with Crippen LogP contribution in [0.15, 0.2) is 66.8 Å². The number of Topliss-reactive ketones (excluding diaryl/α,β-unsaturated/α-hetero) is 1. The lowest BCUT2D eigenvalue weighted by Gasteiger charge is -2.27. The lowest BCUT2D eigenvalue weighted by atomic mass is 9.95. The largest absolute Gasteiger partial charge is 0.507 e. The second-order valence-corrected chi connectivity index (χ2v) is 8.48. The predicted molar refractivity (Wildman–Crippen MR) is 141 cm³/mol. The van der Waals surface area contributed by atoms with Crippen LogP contribution in [0.2, 0.25) is 0 Å². The molecule has 1 heterocycles. The SMILES string of the molecule is C=CCOc1ccc(C2C(=C(O)c3ccccc3)C(=O)C(=O)N2CCCN(CC)CC)cc1OCC. The Morgan fingerprint density at radius 2 is 1.78 bits per heavy atom. The van der Waals surface area contributed by atoms with E-state index in [4.69, 9.17) is 9.47 Å². The van der Waals surface area contributed by atoms with Crippen molar-refractivity contribution in [3.05, 3.63) is 77.9 Å².